The Kier molecular flexibility index (Phi) is 2.50. The molecule has 2 aliphatic heterocycles. The van der Waals surface area contributed by atoms with Crippen molar-refractivity contribution in [3.05, 3.63) is 51.9 Å². The Morgan fingerprint density at radius 3 is 2.67 bits per heavy atom. The van der Waals surface area contributed by atoms with E-state index in [0.29, 0.717) is 17.9 Å². The van der Waals surface area contributed by atoms with Crippen LogP contribution in [-0.4, -0.2) is 17.7 Å². The number of hydrogen-bond acceptors (Lipinski definition) is 4. The van der Waals surface area contributed by atoms with E-state index in [2.05, 4.69) is 10.3 Å². The average molecular weight is 284 g/mol. The zero-order chi connectivity index (χ0) is 14.4. The van der Waals surface area contributed by atoms with Crippen molar-refractivity contribution < 1.29 is 14.3 Å². The molecule has 106 valence electrons. The van der Waals surface area contributed by atoms with E-state index in [0.717, 1.165) is 16.8 Å². The van der Waals surface area contributed by atoms with E-state index >= 15 is 0 Å². The zero-order valence-corrected chi connectivity index (χ0v) is 11.0. The number of carbonyl (C=O) groups is 1. The monoisotopic (exact) mass is 284 g/mol. The van der Waals surface area contributed by atoms with Crippen molar-refractivity contribution in [1.29, 1.82) is 0 Å². The van der Waals surface area contributed by atoms with Crippen molar-refractivity contribution in [2.75, 3.05) is 12.1 Å². The number of amides is 1. The van der Waals surface area contributed by atoms with Gasteiger partial charge in [0.25, 0.3) is 0 Å². The lowest BCUT2D eigenvalue weighted by Gasteiger charge is -2.26. The van der Waals surface area contributed by atoms with Crippen LogP contribution in [0.1, 0.15) is 23.5 Å². The molecule has 0 fully saturated rings. The Hall–Kier alpha value is -2.76. The number of fused-ring (bicyclic) bond motifs is 2. The molecule has 2 N–H and O–H groups in total. The van der Waals surface area contributed by atoms with Crippen LogP contribution in [-0.2, 0) is 4.79 Å². The molecule has 0 aliphatic carbocycles. The first-order valence-corrected chi connectivity index (χ1v) is 6.63. The van der Waals surface area contributed by atoms with E-state index in [4.69, 9.17) is 9.47 Å². The van der Waals surface area contributed by atoms with E-state index < -0.39 is 0 Å². The van der Waals surface area contributed by atoms with Crippen molar-refractivity contribution in [2.45, 2.75) is 12.3 Å². The Labute approximate surface area is 119 Å². The molecular weight excluding hydrogens is 272 g/mol. The number of aromatic amines is 1. The molecule has 4 rings (SSSR count). The van der Waals surface area contributed by atoms with Gasteiger partial charge in [0.05, 0.1) is 0 Å². The van der Waals surface area contributed by atoms with Crippen molar-refractivity contribution >= 4 is 11.6 Å². The third-order valence-corrected chi connectivity index (χ3v) is 3.79. The summed E-state index contributed by atoms with van der Waals surface area (Å²) in [6.45, 7) is 0.190. The van der Waals surface area contributed by atoms with Gasteiger partial charge in [-0.15, -0.1) is 0 Å². The molecule has 6 nitrogen and oxygen atoms in total. The van der Waals surface area contributed by atoms with Crippen molar-refractivity contribution in [3.8, 4) is 11.5 Å². The number of hydrogen-bond donors (Lipinski definition) is 2. The van der Waals surface area contributed by atoms with Crippen LogP contribution in [0.25, 0.3) is 0 Å². The van der Waals surface area contributed by atoms with E-state index in [-0.39, 0.29) is 24.2 Å². The molecule has 3 heterocycles. The van der Waals surface area contributed by atoms with Crippen LogP contribution in [0.2, 0.25) is 0 Å². The Bertz CT molecular complexity index is 776. The highest BCUT2D eigenvalue weighted by atomic mass is 16.7. The highest BCUT2D eigenvalue weighted by Gasteiger charge is 2.29. The number of H-pyrrole nitrogens is 1. The fraction of sp³-hybridized carbons (Fsp3) is 0.200. The van der Waals surface area contributed by atoms with Crippen LogP contribution in [0, 0.1) is 0 Å². The lowest BCUT2D eigenvalue weighted by molar-refractivity contribution is -0.116. The molecule has 1 atom stereocenters. The summed E-state index contributed by atoms with van der Waals surface area (Å²) in [5.74, 6) is 1.15. The molecule has 1 amide bonds. The maximum atomic E-state index is 11.9. The molecule has 0 radical (unpaired) electrons. The second-order valence-corrected chi connectivity index (χ2v) is 5.08. The predicted molar refractivity (Wildman–Crippen MR) is 74.7 cm³/mol. The highest BCUT2D eigenvalue weighted by molar-refractivity contribution is 5.96. The van der Waals surface area contributed by atoms with Crippen molar-refractivity contribution in [2.24, 2.45) is 0 Å². The highest BCUT2D eigenvalue weighted by Crippen LogP contribution is 2.44. The standard InChI is InChI=1S/C15H12N2O4/c18-14-2-1-8(6-16-14)9-4-15(19)17-11-5-13-12(3-10(9)11)20-7-21-13/h1-3,5-6,9H,4,7H2,(H,16,18)(H,17,19). The maximum Gasteiger partial charge on any atom is 0.247 e. The van der Waals surface area contributed by atoms with E-state index in [1.54, 1.807) is 18.3 Å². The van der Waals surface area contributed by atoms with Gasteiger partial charge in [-0.25, -0.2) is 0 Å². The Balaban J connectivity index is 1.85. The number of aromatic nitrogens is 1. The third-order valence-electron chi connectivity index (χ3n) is 3.79. The van der Waals surface area contributed by atoms with Crippen LogP contribution in [0.5, 0.6) is 11.5 Å². The van der Waals surface area contributed by atoms with Gasteiger partial charge in [-0.05, 0) is 17.2 Å². The number of nitrogens with one attached hydrogen (secondary N) is 2. The summed E-state index contributed by atoms with van der Waals surface area (Å²) in [5, 5.41) is 2.85. The minimum absolute atomic E-state index is 0.0578. The number of anilines is 1. The van der Waals surface area contributed by atoms with Crippen molar-refractivity contribution in [1.82, 2.24) is 4.98 Å². The zero-order valence-electron chi connectivity index (χ0n) is 11.0. The second-order valence-electron chi connectivity index (χ2n) is 5.08. The van der Waals surface area contributed by atoms with Gasteiger partial charge in [-0.1, -0.05) is 6.07 Å². The van der Waals surface area contributed by atoms with Gasteiger partial charge in [0, 0.05) is 36.4 Å². The summed E-state index contributed by atoms with van der Waals surface area (Å²) in [4.78, 5) is 25.8. The summed E-state index contributed by atoms with van der Waals surface area (Å²) in [6.07, 6.45) is 1.98. The number of carbonyl (C=O) groups excluding carboxylic acids is 1. The molecule has 21 heavy (non-hydrogen) atoms. The van der Waals surface area contributed by atoms with E-state index in [9.17, 15) is 9.59 Å². The predicted octanol–water partition coefficient (Wildman–Crippen LogP) is 1.58. The molecule has 0 spiro atoms. The molecule has 0 saturated carbocycles. The number of ether oxygens (including phenoxy) is 2. The summed E-state index contributed by atoms with van der Waals surface area (Å²) >= 11 is 0. The SMILES string of the molecule is O=C1CC(c2ccc(=O)[nH]c2)c2cc3c(cc2N1)OCO3. The van der Waals surface area contributed by atoms with Crippen LogP contribution in [0.4, 0.5) is 5.69 Å². The molecule has 2 aromatic rings. The average Bonchev–Trinajstić information content (AvgIpc) is 2.92. The summed E-state index contributed by atoms with van der Waals surface area (Å²) in [7, 11) is 0. The molecule has 6 heteroatoms. The molecular formula is C15H12N2O4. The quantitative estimate of drug-likeness (QED) is 0.833. The Morgan fingerprint density at radius 2 is 1.90 bits per heavy atom. The van der Waals surface area contributed by atoms with Crippen LogP contribution < -0.4 is 20.3 Å². The topological polar surface area (TPSA) is 80.4 Å². The number of rotatable bonds is 1. The number of pyridine rings is 1. The number of benzene rings is 1. The van der Waals surface area contributed by atoms with Crippen LogP contribution >= 0.6 is 0 Å². The maximum absolute atomic E-state index is 11.9. The summed E-state index contributed by atoms with van der Waals surface area (Å²) in [5.41, 5.74) is 2.42. The van der Waals surface area contributed by atoms with E-state index in [1.807, 2.05) is 6.07 Å². The van der Waals surface area contributed by atoms with E-state index in [1.165, 1.54) is 6.07 Å². The molecule has 1 aromatic carbocycles. The largest absolute Gasteiger partial charge is 0.454 e. The first kappa shape index (κ1) is 12.0. The summed E-state index contributed by atoms with van der Waals surface area (Å²) < 4.78 is 10.7. The van der Waals surface area contributed by atoms with Crippen molar-refractivity contribution in [3.63, 3.8) is 0 Å². The van der Waals surface area contributed by atoms with Crippen LogP contribution in [0.15, 0.2) is 35.3 Å². The molecule has 2 aliphatic rings. The molecule has 0 bridgehead atoms. The first-order valence-electron chi connectivity index (χ1n) is 6.63. The molecule has 0 saturated heterocycles. The fourth-order valence-corrected chi connectivity index (χ4v) is 2.79. The fourth-order valence-electron chi connectivity index (χ4n) is 2.79. The van der Waals surface area contributed by atoms with Gasteiger partial charge in [0.15, 0.2) is 11.5 Å². The van der Waals surface area contributed by atoms with Gasteiger partial charge < -0.3 is 19.8 Å². The third kappa shape index (κ3) is 1.96. The first-order chi connectivity index (χ1) is 10.2. The van der Waals surface area contributed by atoms with Gasteiger partial charge in [0.2, 0.25) is 18.3 Å². The second kappa shape index (κ2) is 4.37. The smallest absolute Gasteiger partial charge is 0.247 e. The summed E-state index contributed by atoms with van der Waals surface area (Å²) in [6, 6.07) is 6.89. The van der Waals surface area contributed by atoms with Gasteiger partial charge in [0.1, 0.15) is 0 Å². The minimum Gasteiger partial charge on any atom is -0.454 e. The van der Waals surface area contributed by atoms with Gasteiger partial charge in [-0.3, -0.25) is 9.59 Å². The lowest BCUT2D eigenvalue weighted by Crippen LogP contribution is -2.24. The lowest BCUT2D eigenvalue weighted by atomic mass is 9.85. The normalized spacial score (nSPS) is 19.0. The molecule has 1 unspecified atom stereocenters. The van der Waals surface area contributed by atoms with Gasteiger partial charge in [-0.2, -0.15) is 0 Å². The molecule has 1 aromatic heterocycles. The van der Waals surface area contributed by atoms with Gasteiger partial charge >= 0.3 is 0 Å². The Morgan fingerprint density at radius 1 is 1.10 bits per heavy atom. The minimum atomic E-state index is -0.162. The van der Waals surface area contributed by atoms with Crippen LogP contribution in [0.3, 0.4) is 0 Å².